The normalized spacial score (nSPS) is 25.6. The topological polar surface area (TPSA) is 29.9 Å². The van der Waals surface area contributed by atoms with Crippen molar-refractivity contribution in [1.29, 1.82) is 0 Å². The Bertz CT molecular complexity index is 408. The molecule has 0 bridgehead atoms. The summed E-state index contributed by atoms with van der Waals surface area (Å²) in [7, 11) is 2.00. The molecule has 1 unspecified atom stereocenters. The Labute approximate surface area is 124 Å². The van der Waals surface area contributed by atoms with E-state index in [9.17, 15) is 0 Å². The van der Waals surface area contributed by atoms with Gasteiger partial charge in [-0.2, -0.15) is 5.10 Å². The molecule has 0 aliphatic heterocycles. The van der Waals surface area contributed by atoms with Crippen molar-refractivity contribution in [3.05, 3.63) is 18.0 Å². The van der Waals surface area contributed by atoms with Crippen LogP contribution in [0.25, 0.3) is 0 Å². The molecule has 3 heteroatoms. The molecule has 3 nitrogen and oxygen atoms in total. The lowest BCUT2D eigenvalue weighted by molar-refractivity contribution is 0.133. The van der Waals surface area contributed by atoms with Crippen LogP contribution in [0.3, 0.4) is 0 Å². The van der Waals surface area contributed by atoms with Crippen molar-refractivity contribution in [1.82, 2.24) is 15.1 Å². The Morgan fingerprint density at radius 3 is 2.40 bits per heavy atom. The van der Waals surface area contributed by atoms with Gasteiger partial charge in [0, 0.05) is 24.8 Å². The molecule has 1 fully saturated rings. The molecule has 114 valence electrons. The molecule has 0 saturated heterocycles. The van der Waals surface area contributed by atoms with E-state index in [0.29, 0.717) is 11.5 Å². The molecule has 20 heavy (non-hydrogen) atoms. The predicted octanol–water partition coefficient (Wildman–Crippen LogP) is 3.92. The highest BCUT2D eigenvalue weighted by Crippen LogP contribution is 2.43. The van der Waals surface area contributed by atoms with Gasteiger partial charge in [-0.25, -0.2) is 0 Å². The van der Waals surface area contributed by atoms with Gasteiger partial charge in [-0.3, -0.25) is 4.68 Å². The fraction of sp³-hybridized carbons (Fsp3) is 0.824. The molecule has 1 atom stereocenters. The van der Waals surface area contributed by atoms with Crippen molar-refractivity contribution in [2.45, 2.75) is 59.4 Å². The van der Waals surface area contributed by atoms with Crippen LogP contribution in [0.5, 0.6) is 0 Å². The molecule has 1 saturated carbocycles. The molecule has 1 aliphatic rings. The van der Waals surface area contributed by atoms with Crippen molar-refractivity contribution in [2.24, 2.45) is 24.3 Å². The SMILES string of the molecule is CCNC(c1cnn(C)c1)C1CCC(C(C)(C)C)CC1. The van der Waals surface area contributed by atoms with Gasteiger partial charge in [-0.15, -0.1) is 0 Å². The second-order valence-corrected chi connectivity index (χ2v) is 7.46. The van der Waals surface area contributed by atoms with Crippen LogP contribution < -0.4 is 5.32 Å². The van der Waals surface area contributed by atoms with E-state index in [2.05, 4.69) is 44.3 Å². The molecule has 0 amide bonds. The average Bonchev–Trinajstić information content (AvgIpc) is 2.81. The van der Waals surface area contributed by atoms with Gasteiger partial charge in [0.2, 0.25) is 0 Å². The molecule has 0 radical (unpaired) electrons. The minimum Gasteiger partial charge on any atom is -0.310 e. The van der Waals surface area contributed by atoms with Crippen LogP contribution in [0.4, 0.5) is 0 Å². The molecule has 1 heterocycles. The summed E-state index contributed by atoms with van der Waals surface area (Å²) >= 11 is 0. The first-order valence-corrected chi connectivity index (χ1v) is 8.13. The number of nitrogens with zero attached hydrogens (tertiary/aromatic N) is 2. The van der Waals surface area contributed by atoms with Gasteiger partial charge in [0.1, 0.15) is 0 Å². The van der Waals surface area contributed by atoms with Crippen molar-refractivity contribution in [2.75, 3.05) is 6.54 Å². The molecule has 1 aliphatic carbocycles. The average molecular weight is 277 g/mol. The Kier molecular flexibility index (Phi) is 4.90. The van der Waals surface area contributed by atoms with Gasteiger partial charge in [-0.1, -0.05) is 27.7 Å². The summed E-state index contributed by atoms with van der Waals surface area (Å²) in [5.74, 6) is 1.65. The van der Waals surface area contributed by atoms with Crippen LogP contribution in [-0.4, -0.2) is 16.3 Å². The smallest absolute Gasteiger partial charge is 0.0537 e. The lowest BCUT2D eigenvalue weighted by Crippen LogP contribution is -2.33. The van der Waals surface area contributed by atoms with E-state index in [1.807, 2.05) is 17.9 Å². The quantitative estimate of drug-likeness (QED) is 0.904. The maximum Gasteiger partial charge on any atom is 0.0537 e. The van der Waals surface area contributed by atoms with Gasteiger partial charge in [-0.05, 0) is 49.5 Å². The van der Waals surface area contributed by atoms with Crippen LogP contribution in [-0.2, 0) is 7.05 Å². The standard InChI is InChI=1S/C17H31N3/c1-6-18-16(14-11-19-20(5)12-14)13-7-9-15(10-8-13)17(2,3)4/h11-13,15-16,18H,6-10H2,1-5H3. The van der Waals surface area contributed by atoms with Crippen LogP contribution in [0, 0.1) is 17.3 Å². The maximum absolute atomic E-state index is 4.35. The number of hydrogen-bond acceptors (Lipinski definition) is 2. The van der Waals surface area contributed by atoms with Gasteiger partial charge >= 0.3 is 0 Å². The highest BCUT2D eigenvalue weighted by atomic mass is 15.2. The Morgan fingerprint density at radius 2 is 1.95 bits per heavy atom. The summed E-state index contributed by atoms with van der Waals surface area (Å²) in [5, 5.41) is 8.03. The number of aryl methyl sites for hydroxylation is 1. The molecule has 0 spiro atoms. The summed E-state index contributed by atoms with van der Waals surface area (Å²) in [6.07, 6.45) is 9.63. The van der Waals surface area contributed by atoms with E-state index in [-0.39, 0.29) is 0 Å². The monoisotopic (exact) mass is 277 g/mol. The van der Waals surface area contributed by atoms with Gasteiger partial charge in [0.15, 0.2) is 0 Å². The maximum atomic E-state index is 4.35. The Balaban J connectivity index is 2.02. The number of hydrogen-bond donors (Lipinski definition) is 1. The number of rotatable bonds is 4. The van der Waals surface area contributed by atoms with Crippen LogP contribution in [0.1, 0.15) is 65.0 Å². The highest BCUT2D eigenvalue weighted by molar-refractivity contribution is 5.12. The highest BCUT2D eigenvalue weighted by Gasteiger charge is 2.33. The molecular formula is C17H31N3. The molecule has 1 aromatic heterocycles. The first kappa shape index (κ1) is 15.6. The Hall–Kier alpha value is -0.830. The minimum atomic E-state index is 0.465. The predicted molar refractivity (Wildman–Crippen MR) is 84.5 cm³/mol. The summed E-state index contributed by atoms with van der Waals surface area (Å²) in [4.78, 5) is 0. The number of nitrogens with one attached hydrogen (secondary N) is 1. The van der Waals surface area contributed by atoms with E-state index in [0.717, 1.165) is 18.4 Å². The van der Waals surface area contributed by atoms with Crippen LogP contribution in [0.15, 0.2) is 12.4 Å². The fourth-order valence-electron chi connectivity index (χ4n) is 3.70. The first-order valence-electron chi connectivity index (χ1n) is 8.13. The largest absolute Gasteiger partial charge is 0.310 e. The van der Waals surface area contributed by atoms with E-state index in [1.165, 1.54) is 31.2 Å². The van der Waals surface area contributed by atoms with Crippen molar-refractivity contribution < 1.29 is 0 Å². The lowest BCUT2D eigenvalue weighted by atomic mass is 9.68. The third-order valence-corrected chi connectivity index (χ3v) is 4.98. The fourth-order valence-corrected chi connectivity index (χ4v) is 3.70. The van der Waals surface area contributed by atoms with Gasteiger partial charge < -0.3 is 5.32 Å². The summed E-state index contributed by atoms with van der Waals surface area (Å²) < 4.78 is 1.92. The molecule has 1 N–H and O–H groups in total. The van der Waals surface area contributed by atoms with E-state index < -0.39 is 0 Å². The third-order valence-electron chi connectivity index (χ3n) is 4.98. The molecular weight excluding hydrogens is 246 g/mol. The first-order chi connectivity index (χ1) is 9.41. The zero-order valence-electron chi connectivity index (χ0n) is 13.8. The second kappa shape index (κ2) is 6.30. The second-order valence-electron chi connectivity index (χ2n) is 7.46. The van der Waals surface area contributed by atoms with Gasteiger partial charge in [0.25, 0.3) is 0 Å². The lowest BCUT2D eigenvalue weighted by Gasteiger charge is -2.39. The van der Waals surface area contributed by atoms with Crippen molar-refractivity contribution in [3.63, 3.8) is 0 Å². The van der Waals surface area contributed by atoms with Crippen LogP contribution >= 0.6 is 0 Å². The summed E-state index contributed by atoms with van der Waals surface area (Å²) in [6, 6.07) is 0.481. The van der Waals surface area contributed by atoms with E-state index >= 15 is 0 Å². The van der Waals surface area contributed by atoms with Crippen molar-refractivity contribution in [3.8, 4) is 0 Å². The minimum absolute atomic E-state index is 0.465. The molecule has 1 aromatic rings. The summed E-state index contributed by atoms with van der Waals surface area (Å²) in [5.41, 5.74) is 1.82. The Morgan fingerprint density at radius 1 is 1.30 bits per heavy atom. The number of aromatic nitrogens is 2. The summed E-state index contributed by atoms with van der Waals surface area (Å²) in [6.45, 7) is 10.4. The van der Waals surface area contributed by atoms with E-state index in [1.54, 1.807) is 0 Å². The molecule has 2 rings (SSSR count). The van der Waals surface area contributed by atoms with Crippen LogP contribution in [0.2, 0.25) is 0 Å². The molecule has 0 aromatic carbocycles. The van der Waals surface area contributed by atoms with E-state index in [4.69, 9.17) is 0 Å². The van der Waals surface area contributed by atoms with Gasteiger partial charge in [0.05, 0.1) is 6.20 Å². The zero-order chi connectivity index (χ0) is 14.8. The zero-order valence-corrected chi connectivity index (χ0v) is 13.8. The third kappa shape index (κ3) is 3.63. The van der Waals surface area contributed by atoms with Crippen molar-refractivity contribution >= 4 is 0 Å².